The van der Waals surface area contributed by atoms with Gasteiger partial charge < -0.3 is 10.6 Å². The number of guanidine groups is 1. The second-order valence-corrected chi connectivity index (χ2v) is 8.33. The molecular formula is C18H28FIN4O2S. The molecule has 0 aliphatic carbocycles. The maximum Gasteiger partial charge on any atom is 0.191 e. The molecule has 0 saturated carbocycles. The monoisotopic (exact) mass is 510 g/mol. The van der Waals surface area contributed by atoms with E-state index in [0.717, 1.165) is 38.5 Å². The van der Waals surface area contributed by atoms with E-state index in [1.807, 2.05) is 6.08 Å². The van der Waals surface area contributed by atoms with Gasteiger partial charge in [-0.3, -0.25) is 9.89 Å². The van der Waals surface area contributed by atoms with Crippen LogP contribution in [-0.4, -0.2) is 64.3 Å². The minimum Gasteiger partial charge on any atom is -0.355 e. The molecule has 27 heavy (non-hydrogen) atoms. The quantitative estimate of drug-likeness (QED) is 0.254. The Hall–Kier alpha value is -1.20. The maximum atomic E-state index is 13.7. The highest BCUT2D eigenvalue weighted by molar-refractivity contribution is 14.0. The van der Waals surface area contributed by atoms with Crippen molar-refractivity contribution in [3.8, 4) is 0 Å². The fourth-order valence-corrected chi connectivity index (χ4v) is 4.18. The van der Waals surface area contributed by atoms with E-state index in [9.17, 15) is 12.8 Å². The first-order chi connectivity index (χ1) is 12.5. The lowest BCUT2D eigenvalue weighted by Crippen LogP contribution is -2.49. The molecule has 1 heterocycles. The Morgan fingerprint density at radius 2 is 2.04 bits per heavy atom. The van der Waals surface area contributed by atoms with E-state index in [4.69, 9.17) is 0 Å². The summed E-state index contributed by atoms with van der Waals surface area (Å²) >= 11 is 0. The normalized spacial score (nSPS) is 16.4. The average Bonchev–Trinajstić information content (AvgIpc) is 2.62. The fourth-order valence-electron chi connectivity index (χ4n) is 2.94. The Morgan fingerprint density at radius 1 is 1.37 bits per heavy atom. The van der Waals surface area contributed by atoms with Crippen LogP contribution >= 0.6 is 24.0 Å². The average molecular weight is 510 g/mol. The molecule has 1 fully saturated rings. The predicted octanol–water partition coefficient (Wildman–Crippen LogP) is 2.03. The van der Waals surface area contributed by atoms with Gasteiger partial charge in [0, 0.05) is 39.3 Å². The second kappa shape index (κ2) is 11.6. The number of hydrogen-bond donors (Lipinski definition) is 2. The Labute approximate surface area is 178 Å². The molecule has 0 atom stereocenters. The van der Waals surface area contributed by atoms with Crippen LogP contribution < -0.4 is 10.6 Å². The number of likely N-dealkylation sites (tertiary alicyclic amines) is 1. The first kappa shape index (κ1) is 23.8. The number of benzene rings is 1. The minimum absolute atomic E-state index is 0. The number of nitrogens with one attached hydrogen (secondary N) is 2. The molecule has 152 valence electrons. The van der Waals surface area contributed by atoms with Crippen LogP contribution in [0.25, 0.3) is 0 Å². The summed E-state index contributed by atoms with van der Waals surface area (Å²) in [6.07, 6.45) is 3.88. The van der Waals surface area contributed by atoms with Crippen molar-refractivity contribution in [1.29, 1.82) is 0 Å². The molecule has 1 aliphatic rings. The van der Waals surface area contributed by atoms with Gasteiger partial charge in [0.05, 0.1) is 5.75 Å². The predicted molar refractivity (Wildman–Crippen MR) is 118 cm³/mol. The van der Waals surface area contributed by atoms with E-state index < -0.39 is 15.7 Å². The summed E-state index contributed by atoms with van der Waals surface area (Å²) in [5.41, 5.74) is 0. The fraction of sp³-hybridized carbons (Fsp3) is 0.500. The van der Waals surface area contributed by atoms with Gasteiger partial charge in [-0.2, -0.15) is 0 Å². The number of nitrogens with zero attached hydrogens (tertiary/aromatic N) is 2. The van der Waals surface area contributed by atoms with E-state index in [1.165, 1.54) is 18.2 Å². The van der Waals surface area contributed by atoms with E-state index in [1.54, 1.807) is 7.05 Å². The van der Waals surface area contributed by atoms with E-state index >= 15 is 0 Å². The molecule has 1 aromatic carbocycles. The Bertz CT molecular complexity index is 735. The highest BCUT2D eigenvalue weighted by atomic mass is 127. The molecule has 1 saturated heterocycles. The summed E-state index contributed by atoms with van der Waals surface area (Å²) < 4.78 is 38.2. The van der Waals surface area contributed by atoms with Crippen LogP contribution in [0.3, 0.4) is 0 Å². The largest absolute Gasteiger partial charge is 0.355 e. The van der Waals surface area contributed by atoms with Crippen molar-refractivity contribution >= 4 is 39.8 Å². The number of hydrogen-bond acceptors (Lipinski definition) is 4. The Morgan fingerprint density at radius 3 is 2.63 bits per heavy atom. The summed E-state index contributed by atoms with van der Waals surface area (Å²) in [6, 6.07) is 5.72. The van der Waals surface area contributed by atoms with Crippen molar-refractivity contribution < 1.29 is 12.8 Å². The van der Waals surface area contributed by atoms with Crippen molar-refractivity contribution in [2.45, 2.75) is 23.8 Å². The topological polar surface area (TPSA) is 73.8 Å². The molecular weight excluding hydrogens is 482 g/mol. The molecule has 1 aliphatic heterocycles. The molecule has 0 unspecified atom stereocenters. The van der Waals surface area contributed by atoms with Gasteiger partial charge in [0.2, 0.25) is 0 Å². The van der Waals surface area contributed by atoms with Gasteiger partial charge in [-0.1, -0.05) is 18.2 Å². The number of aliphatic imine (C=N–C) groups is 1. The van der Waals surface area contributed by atoms with Gasteiger partial charge in [-0.25, -0.2) is 12.8 Å². The summed E-state index contributed by atoms with van der Waals surface area (Å²) in [7, 11) is -2.03. The molecule has 9 heteroatoms. The third-order valence-electron chi connectivity index (χ3n) is 4.37. The third-order valence-corrected chi connectivity index (χ3v) is 6.12. The lowest BCUT2D eigenvalue weighted by molar-refractivity contribution is 0.225. The number of rotatable bonds is 7. The van der Waals surface area contributed by atoms with Crippen molar-refractivity contribution in [1.82, 2.24) is 15.5 Å². The van der Waals surface area contributed by atoms with Gasteiger partial charge in [0.1, 0.15) is 10.7 Å². The van der Waals surface area contributed by atoms with E-state index in [-0.39, 0.29) is 41.2 Å². The molecule has 1 aromatic rings. The summed E-state index contributed by atoms with van der Waals surface area (Å²) in [6.45, 7) is 6.79. The zero-order chi connectivity index (χ0) is 19.0. The second-order valence-electron chi connectivity index (χ2n) is 6.26. The van der Waals surface area contributed by atoms with Crippen LogP contribution in [0.1, 0.15) is 12.8 Å². The standard InChI is InChI=1S/C18H27FN4O2S.HI/c1-3-11-23-12-8-15(9-13-23)22-18(20-2)21-10-14-26(24,25)17-7-5-4-6-16(17)19;/h3-7,15H,1,8-14H2,2H3,(H2,20,21,22);1H. The highest BCUT2D eigenvalue weighted by Crippen LogP contribution is 2.14. The molecule has 0 spiro atoms. The lowest BCUT2D eigenvalue weighted by Gasteiger charge is -2.32. The van der Waals surface area contributed by atoms with Crippen LogP contribution in [0.2, 0.25) is 0 Å². The molecule has 2 N–H and O–H groups in total. The Kier molecular flexibility index (Phi) is 10.2. The first-order valence-corrected chi connectivity index (χ1v) is 10.4. The summed E-state index contributed by atoms with van der Waals surface area (Å²) in [4.78, 5) is 6.21. The summed E-state index contributed by atoms with van der Waals surface area (Å²) in [5, 5.41) is 6.33. The molecule has 0 amide bonds. The van der Waals surface area contributed by atoms with Crippen LogP contribution in [0.15, 0.2) is 46.8 Å². The van der Waals surface area contributed by atoms with E-state index in [0.29, 0.717) is 12.0 Å². The van der Waals surface area contributed by atoms with Crippen molar-refractivity contribution in [2.24, 2.45) is 4.99 Å². The van der Waals surface area contributed by atoms with Crippen molar-refractivity contribution in [2.75, 3.05) is 39.0 Å². The number of piperidine rings is 1. The zero-order valence-corrected chi connectivity index (χ0v) is 18.7. The minimum atomic E-state index is -3.68. The van der Waals surface area contributed by atoms with Crippen LogP contribution in [0.5, 0.6) is 0 Å². The van der Waals surface area contributed by atoms with Gasteiger partial charge in [-0.15, -0.1) is 30.6 Å². The zero-order valence-electron chi connectivity index (χ0n) is 15.5. The molecule has 0 bridgehead atoms. The van der Waals surface area contributed by atoms with Gasteiger partial charge in [0.25, 0.3) is 0 Å². The van der Waals surface area contributed by atoms with Crippen LogP contribution in [0.4, 0.5) is 4.39 Å². The smallest absolute Gasteiger partial charge is 0.191 e. The number of halogens is 2. The van der Waals surface area contributed by atoms with Gasteiger partial charge >= 0.3 is 0 Å². The highest BCUT2D eigenvalue weighted by Gasteiger charge is 2.20. The SMILES string of the molecule is C=CCN1CCC(NC(=NC)NCCS(=O)(=O)c2ccccc2F)CC1.I. The van der Waals surface area contributed by atoms with Gasteiger partial charge in [-0.05, 0) is 25.0 Å². The van der Waals surface area contributed by atoms with E-state index in [2.05, 4.69) is 27.1 Å². The Balaban J connectivity index is 0.00000364. The molecule has 6 nitrogen and oxygen atoms in total. The molecule has 0 aromatic heterocycles. The third kappa shape index (κ3) is 7.38. The van der Waals surface area contributed by atoms with Crippen molar-refractivity contribution in [3.05, 3.63) is 42.7 Å². The molecule has 0 radical (unpaired) electrons. The molecule has 2 rings (SSSR count). The van der Waals surface area contributed by atoms with Crippen LogP contribution in [0, 0.1) is 5.82 Å². The van der Waals surface area contributed by atoms with Gasteiger partial charge in [0.15, 0.2) is 15.8 Å². The maximum absolute atomic E-state index is 13.7. The summed E-state index contributed by atoms with van der Waals surface area (Å²) in [5.74, 6) is -0.357. The number of sulfone groups is 1. The first-order valence-electron chi connectivity index (χ1n) is 8.74. The lowest BCUT2D eigenvalue weighted by atomic mass is 10.1. The van der Waals surface area contributed by atoms with Crippen LogP contribution in [-0.2, 0) is 9.84 Å². The van der Waals surface area contributed by atoms with Crippen molar-refractivity contribution in [3.63, 3.8) is 0 Å².